The standard InChI is InChI=1S/C10H15N3O4/c1-4-9(15)17-7-8(14)12-13(6-3)10(16)11-5-2/h4-5H,1,6-7H2,2-3H3,(H,12,14). The Kier molecular flexibility index (Phi) is 7.00. The molecule has 0 spiro atoms. The van der Waals surface area contributed by atoms with Crippen molar-refractivity contribution in [3.05, 3.63) is 12.7 Å². The summed E-state index contributed by atoms with van der Waals surface area (Å²) < 4.78 is 4.49. The third-order valence-electron chi connectivity index (χ3n) is 1.56. The third-order valence-corrected chi connectivity index (χ3v) is 1.56. The Labute approximate surface area is 99.1 Å². The number of nitrogens with one attached hydrogen (secondary N) is 1. The zero-order valence-corrected chi connectivity index (χ0v) is 9.80. The molecule has 0 aliphatic rings. The Morgan fingerprint density at radius 3 is 2.59 bits per heavy atom. The molecule has 7 nitrogen and oxygen atoms in total. The lowest BCUT2D eigenvalue weighted by Crippen LogP contribution is -2.46. The van der Waals surface area contributed by atoms with Crippen LogP contribution < -0.4 is 5.43 Å². The van der Waals surface area contributed by atoms with Crippen LogP contribution in [0, 0.1) is 0 Å². The van der Waals surface area contributed by atoms with Gasteiger partial charge < -0.3 is 4.74 Å². The minimum absolute atomic E-state index is 0.247. The molecule has 0 aromatic carbocycles. The quantitative estimate of drug-likeness (QED) is 0.331. The van der Waals surface area contributed by atoms with E-state index in [1.165, 1.54) is 6.21 Å². The van der Waals surface area contributed by atoms with Crippen molar-refractivity contribution in [2.24, 2.45) is 4.99 Å². The van der Waals surface area contributed by atoms with Gasteiger partial charge in [-0.05, 0) is 13.8 Å². The molecule has 0 aliphatic carbocycles. The molecule has 0 bridgehead atoms. The lowest BCUT2D eigenvalue weighted by Gasteiger charge is -2.18. The molecule has 3 amide bonds. The number of carbonyl (C=O) groups excluding carboxylic acids is 3. The predicted molar refractivity (Wildman–Crippen MR) is 61.2 cm³/mol. The van der Waals surface area contributed by atoms with Crippen molar-refractivity contribution in [1.82, 2.24) is 10.4 Å². The maximum absolute atomic E-state index is 11.3. The number of ether oxygens (including phenoxy) is 1. The lowest BCUT2D eigenvalue weighted by molar-refractivity contribution is -0.145. The van der Waals surface area contributed by atoms with Crippen LogP contribution in [0.25, 0.3) is 0 Å². The van der Waals surface area contributed by atoms with Crippen molar-refractivity contribution in [2.45, 2.75) is 13.8 Å². The molecule has 0 aromatic heterocycles. The minimum Gasteiger partial charge on any atom is -0.452 e. The summed E-state index contributed by atoms with van der Waals surface area (Å²) in [5.74, 6) is -1.33. The molecule has 0 unspecified atom stereocenters. The van der Waals surface area contributed by atoms with Crippen molar-refractivity contribution in [3.8, 4) is 0 Å². The van der Waals surface area contributed by atoms with Gasteiger partial charge in [0.1, 0.15) is 0 Å². The van der Waals surface area contributed by atoms with E-state index >= 15 is 0 Å². The van der Waals surface area contributed by atoms with Gasteiger partial charge in [0.05, 0.1) is 0 Å². The van der Waals surface area contributed by atoms with E-state index in [9.17, 15) is 14.4 Å². The van der Waals surface area contributed by atoms with Crippen LogP contribution in [0.2, 0.25) is 0 Å². The maximum atomic E-state index is 11.3. The molecule has 1 N–H and O–H groups in total. The SMILES string of the molecule is C=CC(=O)OCC(=O)NN(CC)C(=O)N=CC. The fraction of sp³-hybridized carbons (Fsp3) is 0.400. The number of carbonyl (C=O) groups is 3. The Morgan fingerprint density at radius 1 is 1.47 bits per heavy atom. The summed E-state index contributed by atoms with van der Waals surface area (Å²) in [5, 5.41) is 1.00. The van der Waals surface area contributed by atoms with E-state index in [1.54, 1.807) is 13.8 Å². The van der Waals surface area contributed by atoms with Crippen molar-refractivity contribution in [1.29, 1.82) is 0 Å². The van der Waals surface area contributed by atoms with Gasteiger partial charge in [0.2, 0.25) is 0 Å². The van der Waals surface area contributed by atoms with Crippen molar-refractivity contribution < 1.29 is 19.1 Å². The molecule has 0 aliphatic heterocycles. The number of aliphatic imine (C=N–C) groups is 1. The van der Waals surface area contributed by atoms with E-state index in [0.29, 0.717) is 0 Å². The summed E-state index contributed by atoms with van der Waals surface area (Å²) in [7, 11) is 0. The molecule has 0 atom stereocenters. The first-order valence-electron chi connectivity index (χ1n) is 4.94. The largest absolute Gasteiger partial charge is 0.452 e. The Morgan fingerprint density at radius 2 is 2.12 bits per heavy atom. The number of amides is 3. The molecule has 0 rings (SSSR count). The summed E-state index contributed by atoms with van der Waals surface area (Å²) in [4.78, 5) is 36.7. The molecule has 17 heavy (non-hydrogen) atoms. The van der Waals surface area contributed by atoms with E-state index in [0.717, 1.165) is 11.1 Å². The number of rotatable bonds is 4. The van der Waals surface area contributed by atoms with Crippen LogP contribution in [0.3, 0.4) is 0 Å². The Hall–Kier alpha value is -2.18. The van der Waals surface area contributed by atoms with Crippen LogP contribution in [0.15, 0.2) is 17.6 Å². The molecule has 0 fully saturated rings. The van der Waals surface area contributed by atoms with Gasteiger partial charge >= 0.3 is 12.0 Å². The monoisotopic (exact) mass is 241 g/mol. The highest BCUT2D eigenvalue weighted by molar-refractivity contribution is 5.87. The fourth-order valence-electron chi connectivity index (χ4n) is 0.821. The Bertz CT molecular complexity index is 338. The zero-order valence-electron chi connectivity index (χ0n) is 9.80. The number of hydrogen-bond acceptors (Lipinski definition) is 4. The maximum Gasteiger partial charge on any atom is 0.361 e. The van der Waals surface area contributed by atoms with E-state index < -0.39 is 24.5 Å². The highest BCUT2D eigenvalue weighted by Gasteiger charge is 2.13. The van der Waals surface area contributed by atoms with Crippen molar-refractivity contribution >= 4 is 24.1 Å². The van der Waals surface area contributed by atoms with Crippen LogP contribution in [-0.4, -0.2) is 42.3 Å². The number of nitrogens with zero attached hydrogens (tertiary/aromatic N) is 2. The van der Waals surface area contributed by atoms with Gasteiger partial charge in [0, 0.05) is 18.8 Å². The van der Waals surface area contributed by atoms with Gasteiger partial charge in [-0.3, -0.25) is 10.2 Å². The van der Waals surface area contributed by atoms with E-state index in [4.69, 9.17) is 0 Å². The number of esters is 1. The van der Waals surface area contributed by atoms with E-state index in [1.807, 2.05) is 0 Å². The molecular formula is C10H15N3O4. The summed E-state index contributed by atoms with van der Waals surface area (Å²) in [6.07, 6.45) is 2.26. The van der Waals surface area contributed by atoms with Gasteiger partial charge in [-0.1, -0.05) is 6.58 Å². The van der Waals surface area contributed by atoms with Crippen molar-refractivity contribution in [2.75, 3.05) is 13.2 Å². The topological polar surface area (TPSA) is 88.1 Å². The normalized spacial score (nSPS) is 9.76. The summed E-state index contributed by atoms with van der Waals surface area (Å²) in [6.45, 7) is 6.19. The molecule has 0 radical (unpaired) electrons. The summed E-state index contributed by atoms with van der Waals surface area (Å²) in [6, 6.07) is -0.599. The van der Waals surface area contributed by atoms with E-state index in [-0.39, 0.29) is 6.54 Å². The minimum atomic E-state index is -0.707. The number of hydrazine groups is 1. The molecule has 7 heteroatoms. The van der Waals surface area contributed by atoms with Gasteiger partial charge in [0.15, 0.2) is 6.61 Å². The molecule has 0 saturated heterocycles. The molecule has 0 saturated carbocycles. The molecule has 94 valence electrons. The van der Waals surface area contributed by atoms with Crippen LogP contribution in [-0.2, 0) is 14.3 Å². The first-order chi connectivity index (χ1) is 8.04. The number of hydrogen-bond donors (Lipinski definition) is 1. The predicted octanol–water partition coefficient (Wildman–Crippen LogP) is 0.279. The Balaban J connectivity index is 4.19. The fourth-order valence-corrected chi connectivity index (χ4v) is 0.821. The summed E-state index contributed by atoms with van der Waals surface area (Å²) in [5.41, 5.74) is 2.25. The van der Waals surface area contributed by atoms with Gasteiger partial charge in [-0.15, -0.1) is 0 Å². The molecular weight excluding hydrogens is 226 g/mol. The van der Waals surface area contributed by atoms with E-state index in [2.05, 4.69) is 21.7 Å². The van der Waals surface area contributed by atoms with Crippen LogP contribution in [0.1, 0.15) is 13.8 Å². The highest BCUT2D eigenvalue weighted by Crippen LogP contribution is 1.89. The van der Waals surface area contributed by atoms with Gasteiger partial charge in [-0.25, -0.2) is 19.6 Å². The van der Waals surface area contributed by atoms with Crippen LogP contribution in [0.4, 0.5) is 4.79 Å². The molecule has 0 heterocycles. The molecule has 0 aromatic rings. The second-order valence-electron chi connectivity index (χ2n) is 2.76. The van der Waals surface area contributed by atoms with Gasteiger partial charge in [-0.2, -0.15) is 0 Å². The first kappa shape index (κ1) is 14.8. The summed E-state index contributed by atoms with van der Waals surface area (Å²) >= 11 is 0. The third kappa shape index (κ3) is 6.08. The average Bonchev–Trinajstić information content (AvgIpc) is 2.33. The zero-order chi connectivity index (χ0) is 13.3. The second kappa shape index (κ2) is 8.03. The van der Waals surface area contributed by atoms with Crippen molar-refractivity contribution in [3.63, 3.8) is 0 Å². The van der Waals surface area contributed by atoms with Crippen LogP contribution >= 0.6 is 0 Å². The first-order valence-corrected chi connectivity index (χ1v) is 4.94. The van der Waals surface area contributed by atoms with Crippen LogP contribution in [0.5, 0.6) is 0 Å². The number of urea groups is 1. The smallest absolute Gasteiger partial charge is 0.361 e. The van der Waals surface area contributed by atoms with Gasteiger partial charge in [0.25, 0.3) is 5.91 Å². The highest BCUT2D eigenvalue weighted by atomic mass is 16.5. The lowest BCUT2D eigenvalue weighted by atomic mass is 10.6. The average molecular weight is 241 g/mol. The second-order valence-corrected chi connectivity index (χ2v) is 2.76.